The van der Waals surface area contributed by atoms with Gasteiger partial charge in [-0.15, -0.1) is 12.4 Å². The van der Waals surface area contributed by atoms with Gasteiger partial charge in [0.2, 0.25) is 17.7 Å². The molecule has 0 aromatic heterocycles. The third kappa shape index (κ3) is 4.55. The zero-order valence-electron chi connectivity index (χ0n) is 13.4. The van der Waals surface area contributed by atoms with Crippen LogP contribution in [-0.4, -0.2) is 35.2 Å². The highest BCUT2D eigenvalue weighted by Crippen LogP contribution is 2.18. The molecule has 2 fully saturated rings. The van der Waals surface area contributed by atoms with Crippen molar-refractivity contribution >= 4 is 35.8 Å². The second-order valence-electron chi connectivity index (χ2n) is 6.12. The number of nitrogens with one attached hydrogen (secondary N) is 2. The summed E-state index contributed by atoms with van der Waals surface area (Å²) in [6, 6.07) is 7.56. The summed E-state index contributed by atoms with van der Waals surface area (Å²) in [7, 11) is 0. The van der Waals surface area contributed by atoms with E-state index in [4.69, 9.17) is 0 Å². The number of carbonyl (C=O) groups excluding carboxylic acids is 3. The van der Waals surface area contributed by atoms with E-state index in [9.17, 15) is 14.4 Å². The molecular weight excluding hydrogens is 330 g/mol. The summed E-state index contributed by atoms with van der Waals surface area (Å²) in [5, 5.41) is 6.18. The molecule has 1 aromatic carbocycles. The van der Waals surface area contributed by atoms with Gasteiger partial charge in [0.1, 0.15) is 0 Å². The fourth-order valence-electron chi connectivity index (χ4n) is 3.04. The number of benzene rings is 1. The van der Waals surface area contributed by atoms with Crippen LogP contribution in [0.2, 0.25) is 0 Å². The van der Waals surface area contributed by atoms with Crippen molar-refractivity contribution in [2.24, 2.45) is 0 Å². The first kappa shape index (κ1) is 18.4. The fourth-order valence-corrected chi connectivity index (χ4v) is 3.04. The highest BCUT2D eigenvalue weighted by Gasteiger charge is 2.28. The van der Waals surface area contributed by atoms with Gasteiger partial charge in [0.25, 0.3) is 0 Å². The number of imide groups is 1. The van der Waals surface area contributed by atoms with Crippen molar-refractivity contribution in [3.8, 4) is 0 Å². The first-order valence-electron chi connectivity index (χ1n) is 8.07. The first-order chi connectivity index (χ1) is 11.1. The zero-order valence-corrected chi connectivity index (χ0v) is 14.2. The molecule has 24 heavy (non-hydrogen) atoms. The Labute approximate surface area is 147 Å². The van der Waals surface area contributed by atoms with E-state index in [-0.39, 0.29) is 36.2 Å². The third-order valence-corrected chi connectivity index (χ3v) is 4.33. The van der Waals surface area contributed by atoms with Crippen LogP contribution in [0.25, 0.3) is 0 Å². The molecule has 7 heteroatoms. The standard InChI is InChI=1S/C17H21N3O3.ClH/c21-15(10-14-2-1-9-18-14)19-13-5-3-12(4-6-13)11-20-16(22)7-8-17(20)23;/h3-6,14,18H,1-2,7-11H2,(H,19,21);1H. The van der Waals surface area contributed by atoms with Gasteiger partial charge in [0, 0.05) is 31.0 Å². The van der Waals surface area contributed by atoms with E-state index >= 15 is 0 Å². The highest BCUT2D eigenvalue weighted by molar-refractivity contribution is 6.01. The van der Waals surface area contributed by atoms with Gasteiger partial charge in [0.05, 0.1) is 6.54 Å². The van der Waals surface area contributed by atoms with Crippen LogP contribution in [0.4, 0.5) is 5.69 Å². The number of rotatable bonds is 5. The van der Waals surface area contributed by atoms with Crippen molar-refractivity contribution in [1.29, 1.82) is 0 Å². The normalized spacial score (nSPS) is 20.2. The van der Waals surface area contributed by atoms with Gasteiger partial charge in [-0.25, -0.2) is 0 Å². The number of amides is 3. The largest absolute Gasteiger partial charge is 0.326 e. The predicted octanol–water partition coefficient (Wildman–Crippen LogP) is 1.84. The van der Waals surface area contributed by atoms with Gasteiger partial charge >= 0.3 is 0 Å². The van der Waals surface area contributed by atoms with Gasteiger partial charge in [-0.05, 0) is 37.1 Å². The minimum atomic E-state index is -0.114. The maximum Gasteiger partial charge on any atom is 0.229 e. The van der Waals surface area contributed by atoms with Crippen LogP contribution < -0.4 is 10.6 Å². The molecule has 3 amide bonds. The Bertz CT molecular complexity index is 596. The first-order valence-corrected chi connectivity index (χ1v) is 8.07. The van der Waals surface area contributed by atoms with Gasteiger partial charge in [-0.1, -0.05) is 12.1 Å². The van der Waals surface area contributed by atoms with E-state index in [1.165, 1.54) is 4.90 Å². The van der Waals surface area contributed by atoms with E-state index in [2.05, 4.69) is 10.6 Å². The van der Waals surface area contributed by atoms with Crippen molar-refractivity contribution in [1.82, 2.24) is 10.2 Å². The summed E-state index contributed by atoms with van der Waals surface area (Å²) in [6.07, 6.45) is 3.27. The number of nitrogens with zero attached hydrogens (tertiary/aromatic N) is 1. The highest BCUT2D eigenvalue weighted by atomic mass is 35.5. The topological polar surface area (TPSA) is 78.5 Å². The molecule has 0 bridgehead atoms. The van der Waals surface area contributed by atoms with E-state index in [1.807, 2.05) is 12.1 Å². The molecule has 0 saturated carbocycles. The Kier molecular flexibility index (Phi) is 6.34. The van der Waals surface area contributed by atoms with Gasteiger partial charge < -0.3 is 10.6 Å². The summed E-state index contributed by atoms with van der Waals surface area (Å²) in [5.74, 6) is -0.227. The SMILES string of the molecule is Cl.O=C(CC1CCCN1)Nc1ccc(CN2C(=O)CCC2=O)cc1. The summed E-state index contributed by atoms with van der Waals surface area (Å²) >= 11 is 0. The van der Waals surface area contributed by atoms with Crippen molar-refractivity contribution in [3.05, 3.63) is 29.8 Å². The lowest BCUT2D eigenvalue weighted by Gasteiger charge is -2.14. The molecule has 1 aromatic rings. The quantitative estimate of drug-likeness (QED) is 0.793. The molecule has 2 aliphatic heterocycles. The number of likely N-dealkylation sites (tertiary alicyclic amines) is 1. The Morgan fingerprint density at radius 1 is 1.17 bits per heavy atom. The van der Waals surface area contributed by atoms with E-state index < -0.39 is 0 Å². The van der Waals surface area contributed by atoms with E-state index in [0.29, 0.717) is 25.8 Å². The van der Waals surface area contributed by atoms with Crippen LogP contribution in [0.15, 0.2) is 24.3 Å². The monoisotopic (exact) mass is 351 g/mol. The number of hydrogen-bond donors (Lipinski definition) is 2. The average molecular weight is 352 g/mol. The minimum Gasteiger partial charge on any atom is -0.326 e. The third-order valence-electron chi connectivity index (χ3n) is 4.33. The maximum absolute atomic E-state index is 12.0. The van der Waals surface area contributed by atoms with E-state index in [1.54, 1.807) is 12.1 Å². The lowest BCUT2D eigenvalue weighted by Crippen LogP contribution is -2.28. The summed E-state index contributed by atoms with van der Waals surface area (Å²) < 4.78 is 0. The summed E-state index contributed by atoms with van der Waals surface area (Å²) in [6.45, 7) is 1.29. The smallest absolute Gasteiger partial charge is 0.229 e. The number of hydrogen-bond acceptors (Lipinski definition) is 4. The molecule has 2 saturated heterocycles. The number of anilines is 1. The van der Waals surface area contributed by atoms with Crippen LogP contribution in [0.3, 0.4) is 0 Å². The molecule has 2 N–H and O–H groups in total. The van der Waals surface area contributed by atoms with Gasteiger partial charge in [-0.3, -0.25) is 19.3 Å². The van der Waals surface area contributed by atoms with Crippen LogP contribution in [0.1, 0.15) is 37.7 Å². The molecule has 6 nitrogen and oxygen atoms in total. The molecule has 2 aliphatic rings. The van der Waals surface area contributed by atoms with Crippen LogP contribution in [0, 0.1) is 0 Å². The second kappa shape index (κ2) is 8.26. The molecule has 130 valence electrons. The molecular formula is C17H22ClN3O3. The lowest BCUT2D eigenvalue weighted by atomic mass is 10.1. The molecule has 1 unspecified atom stereocenters. The zero-order chi connectivity index (χ0) is 16.2. The lowest BCUT2D eigenvalue weighted by molar-refractivity contribution is -0.139. The average Bonchev–Trinajstić information content (AvgIpc) is 3.14. The fraction of sp³-hybridized carbons (Fsp3) is 0.471. The molecule has 1 atom stereocenters. The second-order valence-corrected chi connectivity index (χ2v) is 6.12. The predicted molar refractivity (Wildman–Crippen MR) is 92.8 cm³/mol. The number of halogens is 1. The molecule has 0 radical (unpaired) electrons. The van der Waals surface area contributed by atoms with Gasteiger partial charge in [0.15, 0.2) is 0 Å². The van der Waals surface area contributed by atoms with Crippen molar-refractivity contribution < 1.29 is 14.4 Å². The summed E-state index contributed by atoms with van der Waals surface area (Å²) in [4.78, 5) is 36.5. The van der Waals surface area contributed by atoms with Crippen LogP contribution in [0.5, 0.6) is 0 Å². The molecule has 0 aliphatic carbocycles. The van der Waals surface area contributed by atoms with Gasteiger partial charge in [-0.2, -0.15) is 0 Å². The Balaban J connectivity index is 0.00000208. The minimum absolute atomic E-state index is 0. The van der Waals surface area contributed by atoms with Crippen molar-refractivity contribution in [3.63, 3.8) is 0 Å². The van der Waals surface area contributed by atoms with Crippen molar-refractivity contribution in [2.45, 2.75) is 44.7 Å². The van der Waals surface area contributed by atoms with Crippen LogP contribution >= 0.6 is 12.4 Å². The molecule has 0 spiro atoms. The van der Waals surface area contributed by atoms with Crippen LogP contribution in [-0.2, 0) is 20.9 Å². The maximum atomic E-state index is 12.0. The Morgan fingerprint density at radius 2 is 1.83 bits per heavy atom. The Morgan fingerprint density at radius 3 is 2.42 bits per heavy atom. The summed E-state index contributed by atoms with van der Waals surface area (Å²) in [5.41, 5.74) is 1.61. The van der Waals surface area contributed by atoms with E-state index in [0.717, 1.165) is 30.6 Å². The van der Waals surface area contributed by atoms with Crippen molar-refractivity contribution in [2.75, 3.05) is 11.9 Å². The number of carbonyl (C=O) groups is 3. The Hall–Kier alpha value is -1.92. The molecule has 3 rings (SSSR count). The molecule has 2 heterocycles.